The molecule has 0 radical (unpaired) electrons. The van der Waals surface area contributed by atoms with Crippen molar-refractivity contribution in [1.29, 1.82) is 0 Å². The monoisotopic (exact) mass is 548 g/mol. The fraction of sp³-hybridized carbons (Fsp3) is 0.176. The Morgan fingerprint density at radius 3 is 2.41 bits per heavy atom. The molecule has 0 saturated carbocycles. The lowest BCUT2D eigenvalue weighted by molar-refractivity contribution is -0.135. The average Bonchev–Trinajstić information content (AvgIpc) is 3.32. The summed E-state index contributed by atoms with van der Waals surface area (Å²) in [6, 6.07) is 26.3. The van der Waals surface area contributed by atoms with Crippen LogP contribution in [0.15, 0.2) is 90.7 Å². The third-order valence-corrected chi connectivity index (χ3v) is 7.27. The van der Waals surface area contributed by atoms with Gasteiger partial charge in [0.25, 0.3) is 0 Å². The maximum Gasteiger partial charge on any atom is 0.312 e. The zero-order valence-corrected chi connectivity index (χ0v) is 22.7. The molecule has 0 fully saturated rings. The molecule has 4 aromatic carbocycles. The Labute approximate surface area is 237 Å². The van der Waals surface area contributed by atoms with E-state index in [4.69, 9.17) is 23.7 Å². The molecule has 1 unspecified atom stereocenters. The van der Waals surface area contributed by atoms with Crippen LogP contribution in [-0.2, 0) is 11.2 Å². The predicted molar refractivity (Wildman–Crippen MR) is 153 cm³/mol. The van der Waals surface area contributed by atoms with Crippen molar-refractivity contribution >= 4 is 17.8 Å². The molecule has 0 aliphatic carbocycles. The summed E-state index contributed by atoms with van der Waals surface area (Å²) in [6.07, 6.45) is 2.51. The van der Waals surface area contributed by atoms with Gasteiger partial charge in [0.1, 0.15) is 17.2 Å². The summed E-state index contributed by atoms with van der Waals surface area (Å²) in [5.74, 6) is 2.02. The Morgan fingerprint density at radius 1 is 0.854 bits per heavy atom. The molecule has 6 rings (SSSR count). The maximum absolute atomic E-state index is 13.3. The maximum atomic E-state index is 13.3. The fourth-order valence-electron chi connectivity index (χ4n) is 5.19. The smallest absolute Gasteiger partial charge is 0.312 e. The summed E-state index contributed by atoms with van der Waals surface area (Å²) in [4.78, 5) is 25.9. The molecule has 4 aromatic rings. The largest absolute Gasteiger partial charge is 0.497 e. The number of carbonyl (C=O) groups is 2. The number of allylic oxidation sites excluding steroid dienone is 1. The average molecular weight is 549 g/mol. The van der Waals surface area contributed by atoms with E-state index in [1.807, 2.05) is 72.8 Å². The zero-order chi connectivity index (χ0) is 28.3. The number of fused-ring (bicyclic) bond motifs is 3. The number of rotatable bonds is 8. The van der Waals surface area contributed by atoms with Crippen molar-refractivity contribution < 1.29 is 33.3 Å². The molecule has 7 heteroatoms. The van der Waals surface area contributed by atoms with Crippen LogP contribution in [0.2, 0.25) is 0 Å². The summed E-state index contributed by atoms with van der Waals surface area (Å²) in [5.41, 5.74) is 3.90. The number of Topliss-reactive ketones (excluding diaryl/α,β-unsaturated/α-hetero) is 1. The van der Waals surface area contributed by atoms with Gasteiger partial charge in [-0.25, -0.2) is 0 Å². The van der Waals surface area contributed by atoms with Gasteiger partial charge >= 0.3 is 5.97 Å². The van der Waals surface area contributed by atoms with Gasteiger partial charge in [-0.15, -0.1) is 0 Å². The van der Waals surface area contributed by atoms with Crippen molar-refractivity contribution in [3.63, 3.8) is 0 Å². The van der Waals surface area contributed by atoms with E-state index in [2.05, 4.69) is 0 Å². The molecule has 0 N–H and O–H groups in total. The highest BCUT2D eigenvalue weighted by Crippen LogP contribution is 2.49. The van der Waals surface area contributed by atoms with Crippen LogP contribution in [0.25, 0.3) is 6.08 Å². The Balaban J connectivity index is 1.30. The van der Waals surface area contributed by atoms with E-state index in [9.17, 15) is 9.59 Å². The van der Waals surface area contributed by atoms with Crippen LogP contribution in [0.1, 0.15) is 45.0 Å². The van der Waals surface area contributed by atoms with Gasteiger partial charge in [0.2, 0.25) is 5.78 Å². The van der Waals surface area contributed by atoms with E-state index < -0.39 is 5.92 Å². The van der Waals surface area contributed by atoms with Crippen LogP contribution >= 0.6 is 0 Å². The second kappa shape index (κ2) is 11.2. The van der Waals surface area contributed by atoms with Gasteiger partial charge in [0.05, 0.1) is 32.8 Å². The second-order valence-electron chi connectivity index (χ2n) is 9.79. The van der Waals surface area contributed by atoms with Crippen molar-refractivity contribution in [2.45, 2.75) is 18.8 Å². The van der Waals surface area contributed by atoms with E-state index in [1.54, 1.807) is 32.4 Å². The van der Waals surface area contributed by atoms with Crippen molar-refractivity contribution in [2.24, 2.45) is 0 Å². The third-order valence-electron chi connectivity index (χ3n) is 7.27. The van der Waals surface area contributed by atoms with Crippen molar-refractivity contribution in [1.82, 2.24) is 0 Å². The highest BCUT2D eigenvalue weighted by molar-refractivity contribution is 6.15. The van der Waals surface area contributed by atoms with Gasteiger partial charge in [-0.1, -0.05) is 48.5 Å². The van der Waals surface area contributed by atoms with Crippen molar-refractivity contribution in [2.75, 3.05) is 20.8 Å². The zero-order valence-electron chi connectivity index (χ0n) is 22.7. The first-order valence-electron chi connectivity index (χ1n) is 13.3. The lowest BCUT2D eigenvalue weighted by Gasteiger charge is -2.27. The number of benzene rings is 4. The fourth-order valence-corrected chi connectivity index (χ4v) is 5.19. The predicted octanol–water partition coefficient (Wildman–Crippen LogP) is 6.38. The molecule has 2 heterocycles. The van der Waals surface area contributed by atoms with Gasteiger partial charge in [-0.05, 0) is 59.2 Å². The Kier molecular flexibility index (Phi) is 7.17. The van der Waals surface area contributed by atoms with Crippen LogP contribution in [0, 0.1) is 0 Å². The van der Waals surface area contributed by atoms with Crippen LogP contribution in [0.4, 0.5) is 0 Å². The first kappa shape index (κ1) is 26.2. The summed E-state index contributed by atoms with van der Waals surface area (Å²) in [5, 5.41) is 0. The number of ether oxygens (including phenoxy) is 5. The van der Waals surface area contributed by atoms with Gasteiger partial charge in [0, 0.05) is 17.9 Å². The Bertz CT molecular complexity index is 1640. The third kappa shape index (κ3) is 5.26. The first-order chi connectivity index (χ1) is 20.0. The lowest BCUT2D eigenvalue weighted by atomic mass is 9.84. The Morgan fingerprint density at radius 2 is 1.66 bits per heavy atom. The Hall–Kier alpha value is -5.04. The molecule has 1 atom stereocenters. The first-order valence-corrected chi connectivity index (χ1v) is 13.3. The molecule has 2 aliphatic rings. The molecule has 0 aromatic heterocycles. The molecule has 0 bridgehead atoms. The number of carbonyl (C=O) groups excluding carboxylic acids is 2. The van der Waals surface area contributed by atoms with Crippen LogP contribution in [0.5, 0.6) is 28.7 Å². The molecular weight excluding hydrogens is 520 g/mol. The number of methoxy groups -OCH3 is 2. The highest BCUT2D eigenvalue weighted by Gasteiger charge is 2.38. The van der Waals surface area contributed by atoms with Gasteiger partial charge < -0.3 is 23.7 Å². The minimum Gasteiger partial charge on any atom is -0.497 e. The minimum absolute atomic E-state index is 0.0936. The summed E-state index contributed by atoms with van der Waals surface area (Å²) < 4.78 is 28.7. The SMILES string of the molecule is COc1ccc(CCOc2cc(C3CC(=O)Oc4ccc5c(c43)O/C(=C\c3ccccc3)C5=O)ccc2OC)cc1. The van der Waals surface area contributed by atoms with Crippen LogP contribution in [-0.4, -0.2) is 32.6 Å². The van der Waals surface area contributed by atoms with Crippen molar-refractivity contribution in [3.05, 3.63) is 119 Å². The second-order valence-corrected chi connectivity index (χ2v) is 9.79. The van der Waals surface area contributed by atoms with Crippen LogP contribution < -0.4 is 23.7 Å². The molecule has 0 spiro atoms. The normalized spacial score (nSPS) is 16.4. The number of hydrogen-bond acceptors (Lipinski definition) is 7. The van der Waals surface area contributed by atoms with Gasteiger partial charge in [-0.2, -0.15) is 0 Å². The number of ketones is 1. The molecule has 7 nitrogen and oxygen atoms in total. The van der Waals surface area contributed by atoms with E-state index in [0.717, 1.165) is 22.4 Å². The molecule has 41 heavy (non-hydrogen) atoms. The summed E-state index contributed by atoms with van der Waals surface area (Å²) >= 11 is 0. The molecule has 0 amide bonds. The van der Waals surface area contributed by atoms with Gasteiger partial charge in [0.15, 0.2) is 17.3 Å². The molecule has 2 aliphatic heterocycles. The molecule has 0 saturated heterocycles. The standard InChI is InChI=1S/C34H28O7/c1-37-24-11-8-21(9-12-24)16-17-39-29-19-23(10-14-27(29)38-2)26-20-31(35)40-28-15-13-25-33(36)30(41-34(25)32(26)28)18-22-6-4-3-5-7-22/h3-15,18-19,26H,16-17,20H2,1-2H3/b30-18-. The van der Waals surface area contributed by atoms with E-state index in [0.29, 0.717) is 47.2 Å². The van der Waals surface area contributed by atoms with E-state index >= 15 is 0 Å². The minimum atomic E-state index is -0.403. The molecular formula is C34H28O7. The van der Waals surface area contributed by atoms with E-state index in [-0.39, 0.29) is 23.9 Å². The van der Waals surface area contributed by atoms with Gasteiger partial charge in [-0.3, -0.25) is 9.59 Å². The summed E-state index contributed by atoms with van der Waals surface area (Å²) in [6.45, 7) is 0.427. The van der Waals surface area contributed by atoms with E-state index in [1.165, 1.54) is 0 Å². The molecule has 206 valence electrons. The lowest BCUT2D eigenvalue weighted by Crippen LogP contribution is -2.21. The highest BCUT2D eigenvalue weighted by atomic mass is 16.5. The quantitative estimate of drug-likeness (QED) is 0.144. The summed E-state index contributed by atoms with van der Waals surface area (Å²) in [7, 11) is 3.23. The van der Waals surface area contributed by atoms with Crippen molar-refractivity contribution in [3.8, 4) is 28.7 Å². The topological polar surface area (TPSA) is 80.3 Å². The number of hydrogen-bond donors (Lipinski definition) is 0. The van der Waals surface area contributed by atoms with Crippen LogP contribution in [0.3, 0.4) is 0 Å². The number of esters is 1.